The summed E-state index contributed by atoms with van der Waals surface area (Å²) in [6.45, 7) is 0. The monoisotopic (exact) mass is 299 g/mol. The number of unbranched alkanes of at least 4 members (excludes halogenated alkanes) is 1. The third-order valence-corrected chi connectivity index (χ3v) is 3.32. The highest BCUT2D eigenvalue weighted by atomic mass is 79.9. The van der Waals surface area contributed by atoms with E-state index < -0.39 is 0 Å². The Morgan fingerprint density at radius 3 is 2.88 bits per heavy atom. The topological polar surface area (TPSA) is 12.0 Å². The average Bonchev–Trinajstić information content (AvgIpc) is 2.26. The highest BCUT2D eigenvalue weighted by molar-refractivity contribution is 9.10. The Labute approximate surface area is 111 Å². The van der Waals surface area contributed by atoms with Crippen LogP contribution < -0.4 is 5.32 Å². The van der Waals surface area contributed by atoms with Gasteiger partial charge in [-0.25, -0.2) is 0 Å². The van der Waals surface area contributed by atoms with Gasteiger partial charge >= 0.3 is 0 Å². The van der Waals surface area contributed by atoms with Gasteiger partial charge in [0.15, 0.2) is 0 Å². The predicted molar refractivity (Wildman–Crippen MR) is 73.6 cm³/mol. The molecule has 0 bridgehead atoms. The van der Waals surface area contributed by atoms with Gasteiger partial charge in [-0.05, 0) is 37.6 Å². The molecule has 0 spiro atoms. The quantitative estimate of drug-likeness (QED) is 0.636. The zero-order valence-corrected chi connectivity index (χ0v) is 11.6. The van der Waals surface area contributed by atoms with Crippen LogP contribution in [0.1, 0.15) is 30.9 Å². The van der Waals surface area contributed by atoms with E-state index in [1.54, 1.807) is 0 Å². The molecule has 3 heteroatoms. The minimum atomic E-state index is 0.272. The second kappa shape index (κ2) is 6.96. The van der Waals surface area contributed by atoms with E-state index in [-0.39, 0.29) is 6.04 Å². The first kappa shape index (κ1) is 13.6. The second-order valence-electron chi connectivity index (χ2n) is 3.60. The summed E-state index contributed by atoms with van der Waals surface area (Å²) in [5.41, 5.74) is 1.13. The van der Waals surface area contributed by atoms with Crippen molar-refractivity contribution in [1.29, 1.82) is 0 Å². The Balaban J connectivity index is 2.75. The molecule has 86 valence electrons. The summed E-state index contributed by atoms with van der Waals surface area (Å²) in [6, 6.07) is 6.24. The van der Waals surface area contributed by atoms with E-state index in [1.165, 1.54) is 0 Å². The maximum Gasteiger partial charge on any atom is 0.0465 e. The van der Waals surface area contributed by atoms with Crippen LogP contribution in [0.4, 0.5) is 0 Å². The van der Waals surface area contributed by atoms with Crippen molar-refractivity contribution in [3.05, 3.63) is 33.3 Å². The van der Waals surface area contributed by atoms with Gasteiger partial charge < -0.3 is 5.32 Å². The standard InChI is InChI=1S/C13H15BrClN/c1-3-4-5-6-13(16-2)11-8-7-10(14)9-12(11)15/h1,7-9,13,16H,4-6H2,2H3. The third-order valence-electron chi connectivity index (χ3n) is 2.50. The zero-order valence-electron chi connectivity index (χ0n) is 9.26. The number of nitrogens with one attached hydrogen (secondary N) is 1. The molecule has 1 unspecified atom stereocenters. The minimum absolute atomic E-state index is 0.272. The maximum atomic E-state index is 6.21. The number of hydrogen-bond donors (Lipinski definition) is 1. The van der Waals surface area contributed by atoms with Gasteiger partial charge in [-0.3, -0.25) is 0 Å². The molecule has 1 aromatic carbocycles. The van der Waals surface area contributed by atoms with Crippen molar-refractivity contribution in [1.82, 2.24) is 5.32 Å². The van der Waals surface area contributed by atoms with Crippen LogP contribution in [-0.4, -0.2) is 7.05 Å². The molecule has 16 heavy (non-hydrogen) atoms. The van der Waals surface area contributed by atoms with E-state index in [1.807, 2.05) is 25.2 Å². The van der Waals surface area contributed by atoms with Crippen molar-refractivity contribution >= 4 is 27.5 Å². The third kappa shape index (κ3) is 3.83. The van der Waals surface area contributed by atoms with Crippen LogP contribution in [0.2, 0.25) is 5.02 Å². The molecule has 0 aromatic heterocycles. The SMILES string of the molecule is C#CCCCC(NC)c1ccc(Br)cc1Cl. The van der Waals surface area contributed by atoms with Crippen LogP contribution in [0, 0.1) is 12.3 Å². The van der Waals surface area contributed by atoms with Gasteiger partial charge in [-0.2, -0.15) is 0 Å². The first-order valence-electron chi connectivity index (χ1n) is 5.24. The molecule has 1 atom stereocenters. The lowest BCUT2D eigenvalue weighted by atomic mass is 10.0. The fourth-order valence-electron chi connectivity index (χ4n) is 1.65. The Bertz CT molecular complexity index is 384. The maximum absolute atomic E-state index is 6.21. The van der Waals surface area contributed by atoms with Gasteiger partial charge in [0, 0.05) is 22.0 Å². The van der Waals surface area contributed by atoms with Crippen molar-refractivity contribution in [3.8, 4) is 12.3 Å². The van der Waals surface area contributed by atoms with Gasteiger partial charge in [-0.1, -0.05) is 33.6 Å². The summed E-state index contributed by atoms with van der Waals surface area (Å²) in [5.74, 6) is 2.65. The number of halogens is 2. The first-order valence-corrected chi connectivity index (χ1v) is 6.41. The molecule has 0 heterocycles. The predicted octanol–water partition coefficient (Wildman–Crippen LogP) is 4.17. The highest BCUT2D eigenvalue weighted by Crippen LogP contribution is 2.28. The second-order valence-corrected chi connectivity index (χ2v) is 4.93. The Kier molecular flexibility index (Phi) is 5.90. The molecule has 1 rings (SSSR count). The van der Waals surface area contributed by atoms with E-state index >= 15 is 0 Å². The van der Waals surface area contributed by atoms with E-state index in [2.05, 4.69) is 27.2 Å². The first-order chi connectivity index (χ1) is 7.69. The molecular weight excluding hydrogens is 286 g/mol. The molecule has 0 amide bonds. The zero-order chi connectivity index (χ0) is 12.0. The summed E-state index contributed by atoms with van der Waals surface area (Å²) < 4.78 is 1.000. The van der Waals surface area contributed by atoms with Crippen LogP contribution in [0.15, 0.2) is 22.7 Å². The molecule has 1 N–H and O–H groups in total. The van der Waals surface area contributed by atoms with Crippen molar-refractivity contribution < 1.29 is 0 Å². The summed E-state index contributed by atoms with van der Waals surface area (Å²) in [5, 5.41) is 4.06. The van der Waals surface area contributed by atoms with Crippen LogP contribution in [-0.2, 0) is 0 Å². The van der Waals surface area contributed by atoms with Gasteiger partial charge in [0.1, 0.15) is 0 Å². The lowest BCUT2D eigenvalue weighted by Gasteiger charge is -2.17. The van der Waals surface area contributed by atoms with E-state index in [0.717, 1.165) is 34.3 Å². The Morgan fingerprint density at radius 2 is 2.31 bits per heavy atom. The average molecular weight is 301 g/mol. The van der Waals surface area contributed by atoms with Gasteiger partial charge in [0.05, 0.1) is 0 Å². The number of rotatable bonds is 5. The molecule has 0 aliphatic rings. The van der Waals surface area contributed by atoms with Crippen LogP contribution >= 0.6 is 27.5 Å². The van der Waals surface area contributed by atoms with Crippen molar-refractivity contribution in [2.45, 2.75) is 25.3 Å². The summed E-state index contributed by atoms with van der Waals surface area (Å²) >= 11 is 9.61. The summed E-state index contributed by atoms with van der Waals surface area (Å²) in [7, 11) is 1.94. The molecule has 0 radical (unpaired) electrons. The fourth-order valence-corrected chi connectivity index (χ4v) is 2.45. The fraction of sp³-hybridized carbons (Fsp3) is 0.385. The smallest absolute Gasteiger partial charge is 0.0465 e. The van der Waals surface area contributed by atoms with E-state index in [0.29, 0.717) is 0 Å². The molecule has 0 aliphatic heterocycles. The molecule has 0 fully saturated rings. The highest BCUT2D eigenvalue weighted by Gasteiger charge is 2.12. The molecular formula is C13H15BrClN. The van der Waals surface area contributed by atoms with Crippen LogP contribution in [0.5, 0.6) is 0 Å². The van der Waals surface area contributed by atoms with E-state index in [4.69, 9.17) is 18.0 Å². The summed E-state index contributed by atoms with van der Waals surface area (Å²) in [4.78, 5) is 0. The molecule has 0 saturated carbocycles. The Hall–Kier alpha value is -0.490. The minimum Gasteiger partial charge on any atom is -0.313 e. The Morgan fingerprint density at radius 1 is 1.56 bits per heavy atom. The molecule has 1 aromatic rings. The van der Waals surface area contributed by atoms with Gasteiger partial charge in [0.25, 0.3) is 0 Å². The van der Waals surface area contributed by atoms with Crippen molar-refractivity contribution in [3.63, 3.8) is 0 Å². The molecule has 0 aliphatic carbocycles. The molecule has 1 nitrogen and oxygen atoms in total. The largest absolute Gasteiger partial charge is 0.313 e. The lowest BCUT2D eigenvalue weighted by Crippen LogP contribution is -2.16. The number of terminal acetylenes is 1. The molecule has 0 saturated heterocycles. The summed E-state index contributed by atoms with van der Waals surface area (Å²) in [6.07, 6.45) is 8.06. The van der Waals surface area contributed by atoms with Crippen LogP contribution in [0.25, 0.3) is 0 Å². The lowest BCUT2D eigenvalue weighted by molar-refractivity contribution is 0.532. The van der Waals surface area contributed by atoms with Crippen molar-refractivity contribution in [2.24, 2.45) is 0 Å². The number of hydrogen-bond acceptors (Lipinski definition) is 1. The van der Waals surface area contributed by atoms with Crippen LogP contribution in [0.3, 0.4) is 0 Å². The normalized spacial score (nSPS) is 12.1. The van der Waals surface area contributed by atoms with Gasteiger partial charge in [0.2, 0.25) is 0 Å². The number of benzene rings is 1. The van der Waals surface area contributed by atoms with Crippen molar-refractivity contribution in [2.75, 3.05) is 7.05 Å². The van der Waals surface area contributed by atoms with E-state index in [9.17, 15) is 0 Å². The van der Waals surface area contributed by atoms with Gasteiger partial charge in [-0.15, -0.1) is 12.3 Å².